The van der Waals surface area contributed by atoms with Crippen LogP contribution in [0, 0.1) is 0 Å². The van der Waals surface area contributed by atoms with E-state index in [1.165, 1.54) is 13.0 Å². The molecule has 0 aromatic heterocycles. The van der Waals surface area contributed by atoms with Crippen molar-refractivity contribution in [3.05, 3.63) is 24.3 Å². The van der Waals surface area contributed by atoms with Gasteiger partial charge in [0.1, 0.15) is 6.67 Å². The first-order chi connectivity index (χ1) is 11.2. The lowest BCUT2D eigenvalue weighted by molar-refractivity contribution is -0.142. The Morgan fingerprint density at radius 2 is 1.96 bits per heavy atom. The molecule has 0 heterocycles. The van der Waals surface area contributed by atoms with Gasteiger partial charge in [-0.2, -0.15) is 0 Å². The van der Waals surface area contributed by atoms with Crippen molar-refractivity contribution in [1.82, 2.24) is 5.32 Å². The summed E-state index contributed by atoms with van der Waals surface area (Å²) in [5.74, 6) is -2.14. The highest BCUT2D eigenvalue weighted by Gasteiger charge is 2.25. The molecule has 9 heteroatoms. The minimum Gasteiger partial charge on any atom is -0.480 e. The molecule has 0 bridgehead atoms. The van der Waals surface area contributed by atoms with E-state index in [1.54, 1.807) is 25.1 Å². The lowest BCUT2D eigenvalue weighted by atomic mass is 10.3. The first-order valence-electron chi connectivity index (χ1n) is 7.30. The number of aliphatic carboxylic acids is 1. The van der Waals surface area contributed by atoms with Crippen LogP contribution in [0.25, 0.3) is 0 Å². The van der Waals surface area contributed by atoms with E-state index in [4.69, 9.17) is 5.11 Å². The van der Waals surface area contributed by atoms with Crippen LogP contribution in [-0.2, 0) is 19.4 Å². The topological polar surface area (TPSA) is 101 Å². The number of benzene rings is 1. The van der Waals surface area contributed by atoms with Gasteiger partial charge in [0.15, 0.2) is 15.9 Å². The number of rotatable bonds is 9. The summed E-state index contributed by atoms with van der Waals surface area (Å²) in [4.78, 5) is 23.3. The largest absolute Gasteiger partial charge is 0.480 e. The highest BCUT2D eigenvalue weighted by molar-refractivity contribution is 8.01. The number of alkyl halides is 1. The van der Waals surface area contributed by atoms with Gasteiger partial charge in [-0.05, 0) is 25.5 Å². The van der Waals surface area contributed by atoms with Crippen molar-refractivity contribution >= 4 is 33.5 Å². The second-order valence-corrected chi connectivity index (χ2v) is 8.54. The number of hydrogen-bond donors (Lipinski definition) is 2. The number of sulfone groups is 1. The van der Waals surface area contributed by atoms with Gasteiger partial charge in [-0.1, -0.05) is 19.1 Å². The smallest absolute Gasteiger partial charge is 0.328 e. The monoisotopic (exact) mass is 377 g/mol. The molecule has 1 amide bonds. The van der Waals surface area contributed by atoms with Crippen LogP contribution in [0.1, 0.15) is 20.3 Å². The molecule has 2 unspecified atom stereocenters. The van der Waals surface area contributed by atoms with Gasteiger partial charge in [0.25, 0.3) is 0 Å². The molecular weight excluding hydrogens is 357 g/mol. The Morgan fingerprint density at radius 1 is 1.33 bits per heavy atom. The normalized spacial score (nSPS) is 14.0. The molecule has 0 radical (unpaired) electrons. The Hall–Kier alpha value is -1.61. The summed E-state index contributed by atoms with van der Waals surface area (Å²) in [6.45, 7) is 2.03. The van der Waals surface area contributed by atoms with Crippen molar-refractivity contribution in [2.24, 2.45) is 0 Å². The van der Waals surface area contributed by atoms with Gasteiger partial charge < -0.3 is 10.4 Å². The third-order valence-corrected chi connectivity index (χ3v) is 6.38. The second-order valence-electron chi connectivity index (χ2n) is 5.08. The molecule has 6 nitrogen and oxygen atoms in total. The second kappa shape index (κ2) is 9.03. The molecule has 24 heavy (non-hydrogen) atoms. The Morgan fingerprint density at radius 3 is 2.50 bits per heavy atom. The molecule has 0 fully saturated rings. The number of nitrogens with one attached hydrogen (secondary N) is 1. The highest BCUT2D eigenvalue weighted by Crippen LogP contribution is 2.30. The lowest BCUT2D eigenvalue weighted by Crippen LogP contribution is -2.45. The van der Waals surface area contributed by atoms with Crippen molar-refractivity contribution in [3.8, 4) is 0 Å². The summed E-state index contributed by atoms with van der Waals surface area (Å²) < 4.78 is 37.1. The molecule has 0 aliphatic heterocycles. The summed E-state index contributed by atoms with van der Waals surface area (Å²) in [5, 5.41) is 10.1. The van der Waals surface area contributed by atoms with Crippen LogP contribution in [0.2, 0.25) is 0 Å². The van der Waals surface area contributed by atoms with Crippen LogP contribution in [0.4, 0.5) is 4.39 Å². The van der Waals surface area contributed by atoms with E-state index in [2.05, 4.69) is 5.32 Å². The minimum absolute atomic E-state index is 0.00586. The van der Waals surface area contributed by atoms with Crippen LogP contribution < -0.4 is 5.32 Å². The standard InChI is InChI=1S/C15H20FNO5S2/c1-3-8-24(21,22)13-7-5-4-6-12(13)23-10(2)14(18)17-11(9-16)15(19)20/h4-7,10-11H,3,8-9H2,1-2H3,(H,17,18)(H,19,20). The van der Waals surface area contributed by atoms with E-state index < -0.39 is 39.7 Å². The maximum absolute atomic E-state index is 12.6. The third-order valence-electron chi connectivity index (χ3n) is 3.10. The van der Waals surface area contributed by atoms with Crippen molar-refractivity contribution in [3.63, 3.8) is 0 Å². The molecule has 0 saturated heterocycles. The number of thioether (sulfide) groups is 1. The molecular formula is C15H20FNO5S2. The van der Waals surface area contributed by atoms with Crippen LogP contribution >= 0.6 is 11.8 Å². The fraction of sp³-hybridized carbons (Fsp3) is 0.467. The molecule has 1 rings (SSSR count). The lowest BCUT2D eigenvalue weighted by Gasteiger charge is -2.17. The van der Waals surface area contributed by atoms with Crippen LogP contribution in [0.15, 0.2) is 34.1 Å². The third kappa shape index (κ3) is 5.48. The fourth-order valence-electron chi connectivity index (χ4n) is 1.88. The summed E-state index contributed by atoms with van der Waals surface area (Å²) in [5.41, 5.74) is 0. The molecule has 0 aliphatic carbocycles. The SMILES string of the molecule is CCCS(=O)(=O)c1ccccc1SC(C)C(=O)NC(CF)C(=O)O. The summed E-state index contributed by atoms with van der Waals surface area (Å²) in [6.07, 6.45) is 0.466. The fourth-order valence-corrected chi connectivity index (χ4v) is 4.72. The first kappa shape index (κ1) is 20.4. The van der Waals surface area contributed by atoms with Gasteiger partial charge in [0.2, 0.25) is 5.91 Å². The van der Waals surface area contributed by atoms with E-state index in [-0.39, 0.29) is 10.6 Å². The number of carboxylic acid groups (broad SMARTS) is 1. The predicted molar refractivity (Wildman–Crippen MR) is 89.6 cm³/mol. The maximum atomic E-state index is 12.6. The van der Waals surface area contributed by atoms with Gasteiger partial charge in [0.05, 0.1) is 15.9 Å². The zero-order valence-electron chi connectivity index (χ0n) is 13.4. The van der Waals surface area contributed by atoms with Crippen molar-refractivity contribution in [2.75, 3.05) is 12.4 Å². The van der Waals surface area contributed by atoms with Crippen LogP contribution in [0.5, 0.6) is 0 Å². The van der Waals surface area contributed by atoms with Gasteiger partial charge in [-0.3, -0.25) is 4.79 Å². The Labute approximate surface area is 144 Å². The van der Waals surface area contributed by atoms with Crippen LogP contribution in [-0.4, -0.2) is 49.1 Å². The summed E-state index contributed by atoms with van der Waals surface area (Å²) in [7, 11) is -3.46. The van der Waals surface area contributed by atoms with Crippen molar-refractivity contribution in [2.45, 2.75) is 41.4 Å². The Kier molecular flexibility index (Phi) is 7.68. The quantitative estimate of drug-likeness (QED) is 0.638. The molecule has 134 valence electrons. The van der Waals surface area contributed by atoms with E-state index in [0.717, 1.165) is 11.8 Å². The molecule has 2 atom stereocenters. The Bertz CT molecular complexity index is 693. The molecule has 0 aliphatic rings. The van der Waals surface area contributed by atoms with Crippen molar-refractivity contribution in [1.29, 1.82) is 0 Å². The van der Waals surface area contributed by atoms with Gasteiger partial charge in [-0.25, -0.2) is 17.6 Å². The van der Waals surface area contributed by atoms with E-state index >= 15 is 0 Å². The van der Waals surface area contributed by atoms with E-state index in [1.807, 2.05) is 0 Å². The maximum Gasteiger partial charge on any atom is 0.328 e. The summed E-state index contributed by atoms with van der Waals surface area (Å²) >= 11 is 0.989. The number of hydrogen-bond acceptors (Lipinski definition) is 5. The highest BCUT2D eigenvalue weighted by atomic mass is 32.2. The van der Waals surface area contributed by atoms with Gasteiger partial charge in [-0.15, -0.1) is 11.8 Å². The number of carbonyl (C=O) groups is 2. The first-order valence-corrected chi connectivity index (χ1v) is 9.83. The average molecular weight is 377 g/mol. The van der Waals surface area contributed by atoms with Crippen LogP contribution in [0.3, 0.4) is 0 Å². The zero-order valence-corrected chi connectivity index (χ0v) is 15.0. The molecule has 0 saturated carbocycles. The zero-order chi connectivity index (χ0) is 18.3. The average Bonchev–Trinajstić information content (AvgIpc) is 2.52. The number of carbonyl (C=O) groups excluding carboxylic acids is 1. The summed E-state index contributed by atoms with van der Waals surface area (Å²) in [6, 6.07) is 4.69. The van der Waals surface area contributed by atoms with Gasteiger partial charge >= 0.3 is 5.97 Å². The number of carboxylic acids is 1. The van der Waals surface area contributed by atoms with Gasteiger partial charge in [0, 0.05) is 4.90 Å². The number of amides is 1. The van der Waals surface area contributed by atoms with Crippen molar-refractivity contribution < 1.29 is 27.5 Å². The van der Waals surface area contributed by atoms with E-state index in [0.29, 0.717) is 11.3 Å². The molecule has 2 N–H and O–H groups in total. The van der Waals surface area contributed by atoms with E-state index in [9.17, 15) is 22.4 Å². The molecule has 1 aromatic rings. The molecule has 0 spiro atoms. The Balaban J connectivity index is 2.93. The predicted octanol–water partition coefficient (Wildman–Crippen LogP) is 1.89. The minimum atomic E-state index is -3.46. The molecule has 1 aromatic carbocycles. The number of halogens is 1.